The minimum Gasteiger partial charge on any atom is -0.469 e. The third-order valence-corrected chi connectivity index (χ3v) is 4.09. The molecular formula is C14H20N2O5. The van der Waals surface area contributed by atoms with Crippen LogP contribution in [-0.4, -0.2) is 60.2 Å². The van der Waals surface area contributed by atoms with Crippen molar-refractivity contribution in [2.24, 2.45) is 5.92 Å². The first-order valence-electron chi connectivity index (χ1n) is 7.21. The quantitative estimate of drug-likeness (QED) is 0.536. The number of amides is 3. The Hall–Kier alpha value is -1.92. The van der Waals surface area contributed by atoms with Crippen molar-refractivity contribution in [3.8, 4) is 0 Å². The van der Waals surface area contributed by atoms with Crippen LogP contribution in [-0.2, 0) is 23.9 Å². The van der Waals surface area contributed by atoms with Gasteiger partial charge in [0.15, 0.2) is 0 Å². The van der Waals surface area contributed by atoms with Crippen molar-refractivity contribution in [1.82, 2.24) is 9.80 Å². The van der Waals surface area contributed by atoms with Crippen LogP contribution in [0.5, 0.6) is 0 Å². The van der Waals surface area contributed by atoms with Gasteiger partial charge in [0.05, 0.1) is 13.0 Å². The summed E-state index contributed by atoms with van der Waals surface area (Å²) in [4.78, 5) is 49.2. The summed E-state index contributed by atoms with van der Waals surface area (Å²) < 4.78 is 4.70. The molecule has 0 atom stereocenters. The second-order valence-electron chi connectivity index (χ2n) is 5.37. The Morgan fingerprint density at radius 3 is 2.24 bits per heavy atom. The van der Waals surface area contributed by atoms with Gasteiger partial charge in [-0.15, -0.1) is 0 Å². The fourth-order valence-corrected chi connectivity index (χ4v) is 2.77. The molecule has 2 aliphatic rings. The zero-order valence-electron chi connectivity index (χ0n) is 12.2. The highest BCUT2D eigenvalue weighted by molar-refractivity contribution is 6.02. The Morgan fingerprint density at radius 1 is 1.14 bits per heavy atom. The molecule has 0 spiro atoms. The topological polar surface area (TPSA) is 84.0 Å². The number of piperidine rings is 1. The summed E-state index contributed by atoms with van der Waals surface area (Å²) in [6.07, 6.45) is 1.84. The maximum absolute atomic E-state index is 12.1. The molecule has 2 aliphatic heterocycles. The highest BCUT2D eigenvalue weighted by atomic mass is 16.5. The number of esters is 1. The van der Waals surface area contributed by atoms with Gasteiger partial charge in [0.25, 0.3) is 0 Å². The summed E-state index contributed by atoms with van der Waals surface area (Å²) in [6, 6.07) is 0. The zero-order valence-corrected chi connectivity index (χ0v) is 12.2. The Bertz CT molecular complexity index is 438. The van der Waals surface area contributed by atoms with Crippen LogP contribution < -0.4 is 0 Å². The Kier molecular flexibility index (Phi) is 4.93. The summed E-state index contributed by atoms with van der Waals surface area (Å²) in [5.41, 5.74) is 0. The average molecular weight is 296 g/mol. The third-order valence-electron chi connectivity index (χ3n) is 4.09. The lowest BCUT2D eigenvalue weighted by Gasteiger charge is -2.31. The number of hydrogen-bond donors (Lipinski definition) is 0. The molecule has 21 heavy (non-hydrogen) atoms. The average Bonchev–Trinajstić information content (AvgIpc) is 2.83. The summed E-state index contributed by atoms with van der Waals surface area (Å²) >= 11 is 0. The lowest BCUT2D eigenvalue weighted by atomic mass is 9.97. The van der Waals surface area contributed by atoms with Crippen LogP contribution >= 0.6 is 0 Å². The summed E-state index contributed by atoms with van der Waals surface area (Å²) in [7, 11) is 1.37. The molecule has 7 heteroatoms. The van der Waals surface area contributed by atoms with E-state index in [0.717, 1.165) is 0 Å². The van der Waals surface area contributed by atoms with Crippen LogP contribution in [0.2, 0.25) is 0 Å². The van der Waals surface area contributed by atoms with Crippen molar-refractivity contribution in [1.29, 1.82) is 0 Å². The molecule has 0 N–H and O–H groups in total. The summed E-state index contributed by atoms with van der Waals surface area (Å²) in [6.45, 7) is 1.19. The van der Waals surface area contributed by atoms with Gasteiger partial charge in [-0.25, -0.2) is 0 Å². The van der Waals surface area contributed by atoms with E-state index in [1.807, 2.05) is 0 Å². The van der Waals surface area contributed by atoms with Crippen molar-refractivity contribution in [2.75, 3.05) is 26.7 Å². The molecule has 7 nitrogen and oxygen atoms in total. The Balaban J connectivity index is 1.76. The minimum atomic E-state index is -0.227. The van der Waals surface area contributed by atoms with E-state index in [2.05, 4.69) is 0 Å². The molecule has 0 unspecified atom stereocenters. The van der Waals surface area contributed by atoms with Crippen LogP contribution in [0.3, 0.4) is 0 Å². The number of methoxy groups -OCH3 is 1. The molecule has 2 heterocycles. The lowest BCUT2D eigenvalue weighted by Crippen LogP contribution is -2.42. The first-order valence-corrected chi connectivity index (χ1v) is 7.21. The van der Waals surface area contributed by atoms with E-state index < -0.39 is 0 Å². The summed E-state index contributed by atoms with van der Waals surface area (Å²) in [5.74, 6) is -0.837. The van der Waals surface area contributed by atoms with Crippen molar-refractivity contribution in [3.05, 3.63) is 0 Å². The van der Waals surface area contributed by atoms with Gasteiger partial charge in [0.1, 0.15) is 0 Å². The van der Waals surface area contributed by atoms with E-state index in [1.165, 1.54) is 12.0 Å². The maximum atomic E-state index is 12.1. The van der Waals surface area contributed by atoms with Crippen LogP contribution in [0.1, 0.15) is 32.1 Å². The molecule has 0 aliphatic carbocycles. The number of ether oxygens (including phenoxy) is 1. The van der Waals surface area contributed by atoms with Crippen LogP contribution in [0.4, 0.5) is 0 Å². The van der Waals surface area contributed by atoms with Crippen LogP contribution in [0, 0.1) is 5.92 Å². The van der Waals surface area contributed by atoms with Gasteiger partial charge in [-0.3, -0.25) is 24.1 Å². The molecule has 0 aromatic heterocycles. The van der Waals surface area contributed by atoms with E-state index in [-0.39, 0.29) is 55.4 Å². The van der Waals surface area contributed by atoms with E-state index in [4.69, 9.17) is 4.74 Å². The number of imide groups is 1. The molecule has 2 fully saturated rings. The monoisotopic (exact) mass is 296 g/mol. The van der Waals surface area contributed by atoms with Crippen molar-refractivity contribution < 1.29 is 23.9 Å². The molecule has 0 aromatic rings. The number of carbonyl (C=O) groups is 4. The normalized spacial score (nSPS) is 20.0. The van der Waals surface area contributed by atoms with Crippen LogP contribution in [0.25, 0.3) is 0 Å². The van der Waals surface area contributed by atoms with Gasteiger partial charge in [0, 0.05) is 38.9 Å². The van der Waals surface area contributed by atoms with Crippen molar-refractivity contribution in [2.45, 2.75) is 32.1 Å². The van der Waals surface area contributed by atoms with Gasteiger partial charge in [-0.05, 0) is 12.8 Å². The zero-order chi connectivity index (χ0) is 15.4. The molecule has 2 saturated heterocycles. The fraction of sp³-hybridized carbons (Fsp3) is 0.714. The van der Waals surface area contributed by atoms with E-state index >= 15 is 0 Å². The first kappa shape index (κ1) is 15.5. The molecule has 3 amide bonds. The Morgan fingerprint density at radius 2 is 1.71 bits per heavy atom. The predicted octanol–water partition coefficient (Wildman–Crippen LogP) is -0.0629. The largest absolute Gasteiger partial charge is 0.469 e. The molecule has 2 rings (SSSR count). The van der Waals surface area contributed by atoms with Gasteiger partial charge < -0.3 is 9.64 Å². The molecule has 0 radical (unpaired) electrons. The standard InChI is InChI=1S/C14H20N2O5/c1-21-14(20)10-4-7-15(8-5-10)11(17)6-9-16-12(18)2-3-13(16)19/h10H,2-9H2,1H3. The summed E-state index contributed by atoms with van der Waals surface area (Å²) in [5, 5.41) is 0. The molecular weight excluding hydrogens is 276 g/mol. The van der Waals surface area contributed by atoms with Gasteiger partial charge in [-0.1, -0.05) is 0 Å². The molecule has 0 bridgehead atoms. The van der Waals surface area contributed by atoms with Crippen LogP contribution in [0.15, 0.2) is 0 Å². The number of carbonyl (C=O) groups excluding carboxylic acids is 4. The second-order valence-corrected chi connectivity index (χ2v) is 5.37. The lowest BCUT2D eigenvalue weighted by molar-refractivity contribution is -0.149. The molecule has 116 valence electrons. The second kappa shape index (κ2) is 6.69. The minimum absolute atomic E-state index is 0.0779. The van der Waals surface area contributed by atoms with Gasteiger partial charge in [-0.2, -0.15) is 0 Å². The molecule has 0 saturated carbocycles. The highest BCUT2D eigenvalue weighted by Crippen LogP contribution is 2.19. The molecule has 0 aromatic carbocycles. The van der Waals surface area contributed by atoms with Crippen molar-refractivity contribution >= 4 is 23.7 Å². The van der Waals surface area contributed by atoms with E-state index in [0.29, 0.717) is 25.9 Å². The fourth-order valence-electron chi connectivity index (χ4n) is 2.77. The van der Waals surface area contributed by atoms with Gasteiger partial charge in [0.2, 0.25) is 17.7 Å². The smallest absolute Gasteiger partial charge is 0.308 e. The predicted molar refractivity (Wildman–Crippen MR) is 71.9 cm³/mol. The first-order chi connectivity index (χ1) is 10.0. The maximum Gasteiger partial charge on any atom is 0.308 e. The third kappa shape index (κ3) is 3.59. The van der Waals surface area contributed by atoms with E-state index in [9.17, 15) is 19.2 Å². The van der Waals surface area contributed by atoms with Crippen molar-refractivity contribution in [3.63, 3.8) is 0 Å². The SMILES string of the molecule is COC(=O)C1CCN(C(=O)CCN2C(=O)CCC2=O)CC1. The number of hydrogen-bond acceptors (Lipinski definition) is 5. The Labute approximate surface area is 123 Å². The number of nitrogens with zero attached hydrogens (tertiary/aromatic N) is 2. The number of likely N-dealkylation sites (tertiary alicyclic amines) is 2. The number of rotatable bonds is 4. The highest BCUT2D eigenvalue weighted by Gasteiger charge is 2.31. The van der Waals surface area contributed by atoms with Gasteiger partial charge >= 0.3 is 5.97 Å². The van der Waals surface area contributed by atoms with E-state index in [1.54, 1.807) is 4.90 Å².